The molecule has 19 heteroatoms. The molecule has 0 bridgehead atoms. The lowest BCUT2D eigenvalue weighted by Crippen LogP contribution is -2.43. The van der Waals surface area contributed by atoms with Crippen molar-refractivity contribution in [3.63, 3.8) is 0 Å². The number of nitrogens with two attached hydrogens (primary N) is 1. The van der Waals surface area contributed by atoms with E-state index in [0.717, 1.165) is 5.69 Å². The number of aliphatic imine (C=N–C) groups is 1. The van der Waals surface area contributed by atoms with Crippen molar-refractivity contribution in [1.82, 2.24) is 9.97 Å². The molecule has 12 N–H and O–H groups in total. The molecule has 3 heterocycles. The third-order valence-electron chi connectivity index (χ3n) is 7.12. The summed E-state index contributed by atoms with van der Waals surface area (Å²) in [5.74, 6) is 0.294. The molecule has 0 aliphatic carbocycles. The van der Waals surface area contributed by atoms with Gasteiger partial charge in [0.15, 0.2) is 17.8 Å². The molecule has 2 aromatic rings. The molecule has 0 radical (unpaired) electrons. The Morgan fingerprint density at radius 2 is 1.82 bits per heavy atom. The van der Waals surface area contributed by atoms with Gasteiger partial charge in [-0.2, -0.15) is 4.98 Å². The third kappa shape index (κ3) is 8.38. The number of aliphatic hydroxyl groups excluding tert-OH is 5. The number of nitrogens with zero attached hydrogens (tertiary/aromatic N) is 2. The van der Waals surface area contributed by atoms with Crippen molar-refractivity contribution in [1.29, 1.82) is 0 Å². The number of hydrogen-bond acceptors (Lipinski definition) is 15. The molecule has 2 aliphatic heterocycles. The Kier molecular flexibility index (Phi) is 10.8. The molecule has 0 unspecified atom stereocenters. The summed E-state index contributed by atoms with van der Waals surface area (Å²) >= 11 is 0. The Morgan fingerprint density at radius 3 is 2.48 bits per heavy atom. The number of aliphatic hydroxyl groups is 5. The largest absolute Gasteiger partial charge is 0.469 e. The first-order valence-electron chi connectivity index (χ1n) is 13.6. The van der Waals surface area contributed by atoms with Crippen molar-refractivity contribution >= 4 is 36.7 Å². The van der Waals surface area contributed by atoms with Crippen molar-refractivity contribution in [3.05, 3.63) is 40.2 Å². The van der Waals surface area contributed by atoms with E-state index in [-0.39, 0.29) is 30.1 Å². The van der Waals surface area contributed by atoms with Crippen molar-refractivity contribution < 1.29 is 53.9 Å². The standard InChI is InChI=1S/C25H37N6O12P/c1-10(17-11(2)28-22-18(29-17)23(37)31-25(26)30-22)27-13-5-3-12(4-6-13)7-14(32)19(34)15(33)8-41-24-21(36)20(35)16(43-24)9-42-44(38,39)40/h3-6,10-11,14-16,19-21,24,27,32-36H,7-9H2,1-2H3,(H2,38,39,40)(H4,26,28,30,31,37)/t10-,11+,14+,15-,16-,19+,20-,21-,24+/m1/s1. The normalized spacial score (nSPS) is 26.2. The molecule has 4 rings (SSSR count). The highest BCUT2D eigenvalue weighted by Crippen LogP contribution is 2.37. The predicted molar refractivity (Wildman–Crippen MR) is 155 cm³/mol. The molecule has 9 atom stereocenters. The van der Waals surface area contributed by atoms with Crippen LogP contribution < -0.4 is 21.9 Å². The molecule has 2 aliphatic rings. The van der Waals surface area contributed by atoms with Gasteiger partial charge in [0.05, 0.1) is 37.1 Å². The molecule has 0 saturated carbocycles. The summed E-state index contributed by atoms with van der Waals surface area (Å²) in [6, 6.07) is 6.43. The summed E-state index contributed by atoms with van der Waals surface area (Å²) in [5, 5.41) is 57.7. The van der Waals surface area contributed by atoms with Crippen LogP contribution >= 0.6 is 7.82 Å². The van der Waals surface area contributed by atoms with Crippen LogP contribution in [-0.4, -0.2) is 119 Å². The zero-order valence-corrected chi connectivity index (χ0v) is 24.6. The maximum Gasteiger partial charge on any atom is 0.469 e. The van der Waals surface area contributed by atoms with E-state index in [9.17, 15) is 34.9 Å². The van der Waals surface area contributed by atoms with Gasteiger partial charge < -0.3 is 61.2 Å². The lowest BCUT2D eigenvalue weighted by atomic mass is 10.00. The van der Waals surface area contributed by atoms with Gasteiger partial charge in [-0.1, -0.05) is 12.1 Å². The summed E-state index contributed by atoms with van der Waals surface area (Å²) in [7, 11) is -4.84. The lowest BCUT2D eigenvalue weighted by Gasteiger charge is -2.28. The molecular weight excluding hydrogens is 607 g/mol. The van der Waals surface area contributed by atoms with E-state index in [4.69, 9.17) is 25.0 Å². The van der Waals surface area contributed by atoms with E-state index >= 15 is 0 Å². The van der Waals surface area contributed by atoms with Crippen LogP contribution in [0.15, 0.2) is 34.1 Å². The number of nitrogen functional groups attached to an aromatic ring is 1. The minimum absolute atomic E-state index is 0.0115. The van der Waals surface area contributed by atoms with Crippen molar-refractivity contribution in [2.75, 3.05) is 29.6 Å². The van der Waals surface area contributed by atoms with Crippen LogP contribution in [-0.2, 0) is 25.0 Å². The predicted octanol–water partition coefficient (Wildman–Crippen LogP) is -2.06. The monoisotopic (exact) mass is 644 g/mol. The van der Waals surface area contributed by atoms with Gasteiger partial charge in [-0.3, -0.25) is 14.3 Å². The SMILES string of the molecule is C[C@@H]1Nc2nc(N)[nH]c(=O)c2N=C1[C@@H](C)Nc1ccc(C[C@H](O)[C@H](O)[C@H](O)CO[C@H]2O[C@H](COP(=O)(O)O)[C@@H](O)[C@H]2O)cc1. The third-order valence-corrected chi connectivity index (χ3v) is 7.61. The summed E-state index contributed by atoms with van der Waals surface area (Å²) in [5.41, 5.74) is 7.32. The summed E-state index contributed by atoms with van der Waals surface area (Å²) < 4.78 is 25.5. The second-order valence-electron chi connectivity index (χ2n) is 10.6. The highest BCUT2D eigenvalue weighted by Gasteiger charge is 2.44. The first-order valence-corrected chi connectivity index (χ1v) is 15.1. The topological polar surface area (TPSA) is 295 Å². The Bertz CT molecular complexity index is 1420. The van der Waals surface area contributed by atoms with Crippen LogP contribution in [0.1, 0.15) is 19.4 Å². The fourth-order valence-electron chi connectivity index (χ4n) is 4.80. The fraction of sp³-hybridized carbons (Fsp3) is 0.560. The Balaban J connectivity index is 1.27. The number of H-pyrrole nitrogens is 1. The van der Waals surface area contributed by atoms with E-state index in [1.165, 1.54) is 0 Å². The van der Waals surface area contributed by atoms with Gasteiger partial charge in [0, 0.05) is 12.1 Å². The first-order chi connectivity index (χ1) is 20.6. The lowest BCUT2D eigenvalue weighted by molar-refractivity contribution is -0.192. The van der Waals surface area contributed by atoms with Crippen LogP contribution in [0.2, 0.25) is 0 Å². The second kappa shape index (κ2) is 14.0. The molecule has 18 nitrogen and oxygen atoms in total. The molecular formula is C25H37N6O12P. The first kappa shape index (κ1) is 33.9. The number of anilines is 3. The maximum absolute atomic E-state index is 12.3. The van der Waals surface area contributed by atoms with Crippen LogP contribution in [0.25, 0.3) is 0 Å². The van der Waals surface area contributed by atoms with E-state index in [1.54, 1.807) is 24.3 Å². The van der Waals surface area contributed by atoms with E-state index in [1.807, 2.05) is 13.8 Å². The highest BCUT2D eigenvalue weighted by molar-refractivity contribution is 7.46. The van der Waals surface area contributed by atoms with Gasteiger partial charge in [0.25, 0.3) is 5.56 Å². The number of rotatable bonds is 13. The van der Waals surface area contributed by atoms with Gasteiger partial charge in [-0.25, -0.2) is 9.56 Å². The number of hydrogen-bond donors (Lipinski definition) is 11. The average Bonchev–Trinajstić information content (AvgIpc) is 3.22. The number of nitrogens with one attached hydrogen (secondary N) is 3. The quantitative estimate of drug-likeness (QED) is 0.104. The van der Waals surface area contributed by atoms with E-state index in [0.29, 0.717) is 17.1 Å². The van der Waals surface area contributed by atoms with Crippen molar-refractivity contribution in [2.24, 2.45) is 4.99 Å². The number of aromatic nitrogens is 2. The average molecular weight is 645 g/mol. The summed E-state index contributed by atoms with van der Waals surface area (Å²) in [6.45, 7) is 2.43. The van der Waals surface area contributed by atoms with E-state index < -0.39 is 69.5 Å². The molecule has 1 fully saturated rings. The minimum atomic E-state index is -4.84. The molecule has 0 spiro atoms. The molecule has 244 valence electrons. The number of phosphoric ester groups is 1. The smallest absolute Gasteiger partial charge is 0.390 e. The molecule has 44 heavy (non-hydrogen) atoms. The maximum atomic E-state index is 12.3. The number of phosphoric acid groups is 1. The summed E-state index contributed by atoms with van der Waals surface area (Å²) in [4.78, 5) is 40.8. The Hall–Kier alpha value is -3.00. The molecule has 0 amide bonds. The molecule has 1 saturated heterocycles. The zero-order chi connectivity index (χ0) is 32.3. The number of fused-ring (bicyclic) bond motifs is 1. The van der Waals surface area contributed by atoms with Crippen molar-refractivity contribution in [2.45, 2.75) is 75.3 Å². The van der Waals surface area contributed by atoms with Crippen LogP contribution in [0.4, 0.5) is 23.1 Å². The fourth-order valence-corrected chi connectivity index (χ4v) is 5.14. The van der Waals surface area contributed by atoms with Crippen LogP contribution in [0.3, 0.4) is 0 Å². The van der Waals surface area contributed by atoms with Gasteiger partial charge in [0.2, 0.25) is 5.95 Å². The Morgan fingerprint density at radius 1 is 1.14 bits per heavy atom. The molecule has 1 aromatic carbocycles. The van der Waals surface area contributed by atoms with Crippen LogP contribution in [0, 0.1) is 0 Å². The number of ether oxygens (including phenoxy) is 2. The zero-order valence-electron chi connectivity index (χ0n) is 23.7. The van der Waals surface area contributed by atoms with Gasteiger partial charge in [0.1, 0.15) is 30.5 Å². The van der Waals surface area contributed by atoms with Gasteiger partial charge >= 0.3 is 7.82 Å². The highest BCUT2D eigenvalue weighted by atomic mass is 31.2. The number of aromatic amines is 1. The van der Waals surface area contributed by atoms with Gasteiger partial charge in [-0.15, -0.1) is 0 Å². The Labute approximate surface area is 250 Å². The second-order valence-corrected chi connectivity index (χ2v) is 11.8. The molecule has 1 aromatic heterocycles. The summed E-state index contributed by atoms with van der Waals surface area (Å²) in [6.07, 6.45) is -10.7. The number of benzene rings is 1. The minimum Gasteiger partial charge on any atom is -0.390 e. The van der Waals surface area contributed by atoms with Crippen LogP contribution in [0.5, 0.6) is 0 Å². The van der Waals surface area contributed by atoms with Gasteiger partial charge in [-0.05, 0) is 31.5 Å². The van der Waals surface area contributed by atoms with Crippen molar-refractivity contribution in [3.8, 4) is 0 Å². The van der Waals surface area contributed by atoms with E-state index in [2.05, 4.69) is 30.1 Å².